The third-order valence-corrected chi connectivity index (χ3v) is 4.48. The van der Waals surface area contributed by atoms with E-state index in [4.69, 9.17) is 9.84 Å². The number of pyridine rings is 1. The average molecular weight is 316 g/mol. The number of aromatic amines is 1. The number of aliphatic carboxylic acids is 1. The van der Waals surface area contributed by atoms with Gasteiger partial charge in [0.25, 0.3) is 0 Å². The van der Waals surface area contributed by atoms with Gasteiger partial charge in [0.2, 0.25) is 5.56 Å². The molecule has 1 aromatic heterocycles. The number of likely N-dealkylation sites (tertiary alicyclic amines) is 1. The van der Waals surface area contributed by atoms with Crippen LogP contribution in [0.2, 0.25) is 0 Å². The lowest BCUT2D eigenvalue weighted by atomic mass is 9.96. The van der Waals surface area contributed by atoms with E-state index in [-0.39, 0.29) is 11.5 Å². The molecule has 0 spiro atoms. The first kappa shape index (κ1) is 15.6. The summed E-state index contributed by atoms with van der Waals surface area (Å²) in [4.78, 5) is 28.0. The molecule has 1 saturated heterocycles. The van der Waals surface area contributed by atoms with Crippen LogP contribution < -0.4 is 10.3 Å². The van der Waals surface area contributed by atoms with E-state index in [0.29, 0.717) is 30.7 Å². The monoisotopic (exact) mass is 316 g/mol. The van der Waals surface area contributed by atoms with Crippen LogP contribution in [0.15, 0.2) is 29.1 Å². The fraction of sp³-hybridized carbons (Fsp3) is 0.412. The van der Waals surface area contributed by atoms with Crippen LogP contribution in [0.5, 0.6) is 5.75 Å². The Morgan fingerprint density at radius 2 is 2.13 bits per heavy atom. The number of ether oxygens (including phenoxy) is 1. The number of carbonyl (C=O) groups is 1. The van der Waals surface area contributed by atoms with Crippen molar-refractivity contribution >= 4 is 16.9 Å². The Hall–Kier alpha value is -2.34. The maximum absolute atomic E-state index is 11.9. The second kappa shape index (κ2) is 6.42. The van der Waals surface area contributed by atoms with Crippen LogP contribution in [0.25, 0.3) is 10.9 Å². The molecule has 23 heavy (non-hydrogen) atoms. The molecular weight excluding hydrogens is 296 g/mol. The Morgan fingerprint density at radius 3 is 2.78 bits per heavy atom. The number of piperidine rings is 1. The van der Waals surface area contributed by atoms with Gasteiger partial charge in [-0.15, -0.1) is 0 Å². The van der Waals surface area contributed by atoms with Crippen molar-refractivity contribution in [1.29, 1.82) is 0 Å². The van der Waals surface area contributed by atoms with Crippen molar-refractivity contribution in [2.24, 2.45) is 5.92 Å². The van der Waals surface area contributed by atoms with Crippen molar-refractivity contribution in [3.05, 3.63) is 40.2 Å². The van der Waals surface area contributed by atoms with Crippen LogP contribution in [0, 0.1) is 5.92 Å². The number of rotatable bonds is 4. The smallest absolute Gasteiger partial charge is 0.306 e. The summed E-state index contributed by atoms with van der Waals surface area (Å²) in [6, 6.07) is 7.30. The van der Waals surface area contributed by atoms with Gasteiger partial charge in [-0.2, -0.15) is 0 Å². The third-order valence-electron chi connectivity index (χ3n) is 4.48. The van der Waals surface area contributed by atoms with Crippen molar-refractivity contribution < 1.29 is 14.6 Å². The molecule has 0 radical (unpaired) electrons. The molecule has 1 aliphatic heterocycles. The zero-order valence-electron chi connectivity index (χ0n) is 13.0. The standard InChI is InChI=1S/C17H20N2O4/c1-23-14-4-2-3-13-12(9-15(20)18-16(13)14)10-19-7-5-11(6-8-19)17(21)22/h2-4,9,11H,5-8,10H2,1H3,(H,18,20)(H,21,22). The van der Waals surface area contributed by atoms with Gasteiger partial charge < -0.3 is 14.8 Å². The summed E-state index contributed by atoms with van der Waals surface area (Å²) in [6.45, 7) is 2.10. The molecule has 3 rings (SSSR count). The molecule has 0 amide bonds. The van der Waals surface area contributed by atoms with Gasteiger partial charge in [0.1, 0.15) is 5.75 Å². The summed E-state index contributed by atoms with van der Waals surface area (Å²) in [5, 5.41) is 10.0. The molecule has 0 atom stereocenters. The van der Waals surface area contributed by atoms with Gasteiger partial charge in [-0.25, -0.2) is 0 Å². The van der Waals surface area contributed by atoms with Crippen LogP contribution >= 0.6 is 0 Å². The first-order chi connectivity index (χ1) is 11.1. The van der Waals surface area contributed by atoms with Gasteiger partial charge in [-0.05, 0) is 37.6 Å². The quantitative estimate of drug-likeness (QED) is 0.899. The van der Waals surface area contributed by atoms with Crippen molar-refractivity contribution in [3.63, 3.8) is 0 Å². The van der Waals surface area contributed by atoms with E-state index < -0.39 is 5.97 Å². The van der Waals surface area contributed by atoms with E-state index in [1.165, 1.54) is 0 Å². The van der Waals surface area contributed by atoms with E-state index in [9.17, 15) is 9.59 Å². The zero-order chi connectivity index (χ0) is 16.4. The molecule has 122 valence electrons. The summed E-state index contributed by atoms with van der Waals surface area (Å²) in [6.07, 6.45) is 1.31. The lowest BCUT2D eigenvalue weighted by Crippen LogP contribution is -2.36. The minimum Gasteiger partial charge on any atom is -0.495 e. The molecule has 2 N–H and O–H groups in total. The maximum Gasteiger partial charge on any atom is 0.306 e. The number of fused-ring (bicyclic) bond motifs is 1. The molecule has 1 aliphatic rings. The molecule has 1 aromatic carbocycles. The van der Waals surface area contributed by atoms with Crippen LogP contribution in [0.1, 0.15) is 18.4 Å². The Labute approximate surface area is 133 Å². The minimum atomic E-state index is -0.712. The van der Waals surface area contributed by atoms with Gasteiger partial charge in [-0.1, -0.05) is 12.1 Å². The number of benzene rings is 1. The van der Waals surface area contributed by atoms with E-state index in [1.54, 1.807) is 13.2 Å². The first-order valence-corrected chi connectivity index (χ1v) is 7.72. The fourth-order valence-corrected chi connectivity index (χ4v) is 3.20. The number of para-hydroxylation sites is 1. The number of hydrogen-bond acceptors (Lipinski definition) is 4. The number of hydrogen-bond donors (Lipinski definition) is 2. The van der Waals surface area contributed by atoms with Gasteiger partial charge in [0.05, 0.1) is 18.5 Å². The number of H-pyrrole nitrogens is 1. The molecule has 0 saturated carbocycles. The molecule has 6 nitrogen and oxygen atoms in total. The van der Waals surface area contributed by atoms with Crippen molar-refractivity contribution in [2.45, 2.75) is 19.4 Å². The van der Waals surface area contributed by atoms with E-state index >= 15 is 0 Å². The van der Waals surface area contributed by atoms with Crippen molar-refractivity contribution in [2.75, 3.05) is 20.2 Å². The number of nitrogens with zero attached hydrogens (tertiary/aromatic N) is 1. The predicted octanol–water partition coefficient (Wildman–Crippen LogP) is 1.83. The Bertz CT molecular complexity index is 776. The summed E-state index contributed by atoms with van der Waals surface area (Å²) < 4.78 is 5.32. The highest BCUT2D eigenvalue weighted by atomic mass is 16.5. The number of aromatic nitrogens is 1. The van der Waals surface area contributed by atoms with Crippen LogP contribution in [0.4, 0.5) is 0 Å². The maximum atomic E-state index is 11.9. The van der Waals surface area contributed by atoms with Crippen molar-refractivity contribution in [1.82, 2.24) is 9.88 Å². The van der Waals surface area contributed by atoms with Gasteiger partial charge in [-0.3, -0.25) is 14.5 Å². The number of methoxy groups -OCH3 is 1. The normalized spacial score (nSPS) is 16.6. The summed E-state index contributed by atoms with van der Waals surface area (Å²) in [5.41, 5.74) is 1.49. The highest BCUT2D eigenvalue weighted by molar-refractivity contribution is 5.87. The van der Waals surface area contributed by atoms with Crippen LogP contribution in [0.3, 0.4) is 0 Å². The molecule has 2 heterocycles. The number of carboxylic acid groups (broad SMARTS) is 1. The minimum absolute atomic E-state index is 0.155. The highest BCUT2D eigenvalue weighted by Gasteiger charge is 2.24. The Morgan fingerprint density at radius 1 is 1.39 bits per heavy atom. The van der Waals surface area contributed by atoms with Crippen LogP contribution in [-0.2, 0) is 11.3 Å². The predicted molar refractivity (Wildman–Crippen MR) is 86.8 cm³/mol. The zero-order valence-corrected chi connectivity index (χ0v) is 13.0. The van der Waals surface area contributed by atoms with E-state index in [0.717, 1.165) is 24.0 Å². The Balaban J connectivity index is 1.86. The lowest BCUT2D eigenvalue weighted by Gasteiger charge is -2.30. The van der Waals surface area contributed by atoms with Crippen LogP contribution in [-0.4, -0.2) is 41.2 Å². The summed E-state index contributed by atoms with van der Waals surface area (Å²) >= 11 is 0. The molecule has 2 aromatic rings. The fourth-order valence-electron chi connectivity index (χ4n) is 3.20. The summed E-state index contributed by atoms with van der Waals surface area (Å²) in [5.74, 6) is -0.315. The first-order valence-electron chi connectivity index (χ1n) is 7.72. The van der Waals surface area contributed by atoms with Gasteiger partial charge in [0.15, 0.2) is 0 Å². The average Bonchev–Trinajstić information content (AvgIpc) is 2.54. The molecular formula is C17H20N2O4. The highest BCUT2D eigenvalue weighted by Crippen LogP contribution is 2.26. The number of nitrogens with one attached hydrogen (secondary N) is 1. The summed E-state index contributed by atoms with van der Waals surface area (Å²) in [7, 11) is 1.58. The molecule has 0 unspecified atom stereocenters. The SMILES string of the molecule is COc1cccc2c(CN3CCC(C(=O)O)CC3)cc(=O)[nH]c12. The lowest BCUT2D eigenvalue weighted by molar-refractivity contribution is -0.143. The molecule has 1 fully saturated rings. The van der Waals surface area contributed by atoms with E-state index in [1.807, 2.05) is 18.2 Å². The molecule has 0 aliphatic carbocycles. The Kier molecular flexibility index (Phi) is 4.34. The molecule has 0 bridgehead atoms. The topological polar surface area (TPSA) is 82.6 Å². The van der Waals surface area contributed by atoms with Gasteiger partial charge in [0, 0.05) is 18.0 Å². The molecule has 6 heteroatoms. The van der Waals surface area contributed by atoms with Gasteiger partial charge >= 0.3 is 5.97 Å². The second-order valence-corrected chi connectivity index (χ2v) is 5.93. The van der Waals surface area contributed by atoms with Crippen molar-refractivity contribution in [3.8, 4) is 5.75 Å². The second-order valence-electron chi connectivity index (χ2n) is 5.93. The number of carboxylic acids is 1. The largest absolute Gasteiger partial charge is 0.495 e. The third kappa shape index (κ3) is 3.22. The van der Waals surface area contributed by atoms with E-state index in [2.05, 4.69) is 9.88 Å².